The summed E-state index contributed by atoms with van der Waals surface area (Å²) in [5.74, 6) is -1.01. The maximum atomic E-state index is 15.0. The summed E-state index contributed by atoms with van der Waals surface area (Å²) in [5.41, 5.74) is 1.19. The van der Waals surface area contributed by atoms with E-state index in [4.69, 9.17) is 46.9 Å². The van der Waals surface area contributed by atoms with Gasteiger partial charge in [0.25, 0.3) is 0 Å². The Morgan fingerprint density at radius 2 is 1.73 bits per heavy atom. The molecule has 3 aliphatic rings. The number of benzene rings is 2. The molecule has 45 heavy (non-hydrogen) atoms. The first-order chi connectivity index (χ1) is 21.4. The minimum atomic E-state index is -1.49. The second-order valence-electron chi connectivity index (χ2n) is 11.1. The summed E-state index contributed by atoms with van der Waals surface area (Å²) >= 11 is 12.0. The number of aliphatic hydroxyl groups excluding tert-OH is 4. The van der Waals surface area contributed by atoms with Crippen LogP contribution in [0.25, 0.3) is 6.08 Å². The molecule has 2 aliphatic heterocycles. The lowest BCUT2D eigenvalue weighted by Crippen LogP contribution is -2.67. The molecule has 2 aromatic carbocycles. The fourth-order valence-electron chi connectivity index (χ4n) is 5.47. The van der Waals surface area contributed by atoms with Gasteiger partial charge in [0.2, 0.25) is 12.2 Å². The molecule has 2 heterocycles. The number of aliphatic hydroxyl groups is 4. The Balaban J connectivity index is 1.15. The van der Waals surface area contributed by atoms with Crippen molar-refractivity contribution in [2.75, 3.05) is 13.4 Å². The molecule has 11 nitrogen and oxygen atoms in total. The monoisotopic (exact) mass is 669 g/mol. The fourth-order valence-corrected chi connectivity index (χ4v) is 5.93. The van der Waals surface area contributed by atoms with Crippen molar-refractivity contribution in [1.29, 1.82) is 0 Å². The van der Waals surface area contributed by atoms with Crippen molar-refractivity contribution in [3.8, 4) is 11.5 Å². The van der Waals surface area contributed by atoms with E-state index >= 15 is 0 Å². The predicted octanol–water partition coefficient (Wildman–Crippen LogP) is 2.74. The molecule has 5 rings (SSSR count). The van der Waals surface area contributed by atoms with Gasteiger partial charge in [-0.25, -0.2) is 4.39 Å². The highest BCUT2D eigenvalue weighted by Crippen LogP contribution is 2.32. The molecule has 244 valence electrons. The van der Waals surface area contributed by atoms with Gasteiger partial charge in [0.1, 0.15) is 55.8 Å². The number of ether oxygens (including phenoxy) is 5. The number of hydrogen-bond acceptors (Lipinski definition) is 10. The second-order valence-corrected chi connectivity index (χ2v) is 12.0. The number of nitrogens with one attached hydrogen (secondary N) is 1. The Bertz CT molecular complexity index is 1460. The van der Waals surface area contributed by atoms with Gasteiger partial charge >= 0.3 is 0 Å². The molecule has 1 aliphatic carbocycles. The molecule has 2 saturated heterocycles. The zero-order chi connectivity index (χ0) is 32.4. The van der Waals surface area contributed by atoms with Crippen LogP contribution in [0.4, 0.5) is 4.39 Å². The summed E-state index contributed by atoms with van der Waals surface area (Å²) < 4.78 is 42.7. The van der Waals surface area contributed by atoms with Gasteiger partial charge in [-0.2, -0.15) is 0 Å². The van der Waals surface area contributed by atoms with Crippen LogP contribution in [0, 0.1) is 5.82 Å². The van der Waals surface area contributed by atoms with E-state index in [0.29, 0.717) is 26.9 Å². The van der Waals surface area contributed by atoms with Crippen LogP contribution in [0.15, 0.2) is 53.6 Å². The summed E-state index contributed by atoms with van der Waals surface area (Å²) in [6.45, 7) is 3.27. The van der Waals surface area contributed by atoms with E-state index in [1.54, 1.807) is 31.2 Å². The number of fused-ring (bicyclic) bond motifs is 1. The first kappa shape index (κ1) is 33.6. The largest absolute Gasteiger partial charge is 0.488 e. The third-order valence-corrected chi connectivity index (χ3v) is 8.46. The number of halogens is 3. The van der Waals surface area contributed by atoms with Gasteiger partial charge in [0.15, 0.2) is 11.6 Å². The van der Waals surface area contributed by atoms with E-state index in [1.165, 1.54) is 31.2 Å². The van der Waals surface area contributed by atoms with Crippen LogP contribution in [0.1, 0.15) is 25.8 Å². The summed E-state index contributed by atoms with van der Waals surface area (Å²) in [6, 6.07) is 7.74. The molecule has 5 N–H and O–H groups in total. The molecule has 3 fully saturated rings. The Labute approximate surface area is 268 Å². The normalized spacial score (nSPS) is 31.9. The number of carbonyl (C=O) groups is 1. The fraction of sp³-hybridized carbons (Fsp3) is 0.452. The second kappa shape index (κ2) is 14.3. The average molecular weight is 671 g/mol. The predicted molar refractivity (Wildman–Crippen MR) is 160 cm³/mol. The van der Waals surface area contributed by atoms with Gasteiger partial charge in [0, 0.05) is 17.0 Å². The van der Waals surface area contributed by atoms with Crippen molar-refractivity contribution in [1.82, 2.24) is 5.32 Å². The van der Waals surface area contributed by atoms with Gasteiger partial charge in [0.05, 0.1) is 17.2 Å². The molecule has 1 saturated carbocycles. The van der Waals surface area contributed by atoms with Gasteiger partial charge in [-0.1, -0.05) is 29.3 Å². The van der Waals surface area contributed by atoms with Crippen LogP contribution < -0.4 is 14.8 Å². The summed E-state index contributed by atoms with van der Waals surface area (Å²) in [4.78, 5) is 12.8. The molecule has 0 spiro atoms. The molecule has 0 aromatic heterocycles. The van der Waals surface area contributed by atoms with Crippen LogP contribution in [0.5, 0.6) is 11.5 Å². The SMILES string of the molecule is C/C(=C\c1ccc(O[C@H]2C[C@@H](O)[C@@H](/C(C)=C/COc3ccc(Cl)cc3Cl)O2)c(F)c1)C(=O)N[C@@H]1[C@H](O)[C@@H](O)[C@H]2OCO[C@H]2[C@@H]1O. The molecular formula is C31H34Cl2FNO10. The number of hydrogen-bond donors (Lipinski definition) is 5. The summed E-state index contributed by atoms with van der Waals surface area (Å²) in [5, 5.41) is 45.2. The first-order valence-electron chi connectivity index (χ1n) is 14.2. The summed E-state index contributed by atoms with van der Waals surface area (Å²) in [7, 11) is 0. The Kier molecular flexibility index (Phi) is 10.7. The highest BCUT2D eigenvalue weighted by atomic mass is 35.5. The van der Waals surface area contributed by atoms with Crippen molar-refractivity contribution < 1.29 is 53.3 Å². The van der Waals surface area contributed by atoms with E-state index in [0.717, 1.165) is 0 Å². The third kappa shape index (κ3) is 7.62. The van der Waals surface area contributed by atoms with Crippen LogP contribution in [0.3, 0.4) is 0 Å². The Hall–Kier alpha value is -2.78. The molecule has 0 bridgehead atoms. The maximum Gasteiger partial charge on any atom is 0.247 e. The highest BCUT2D eigenvalue weighted by molar-refractivity contribution is 6.35. The lowest BCUT2D eigenvalue weighted by atomic mass is 9.83. The Morgan fingerprint density at radius 3 is 2.44 bits per heavy atom. The standard InChI is InChI=1S/C31H34Cl2FNO10/c1-14(7-8-41-21-6-4-17(32)11-18(21)33)28-20(36)12-23(45-28)44-22-5-3-16(10-19(22)34)9-15(2)31(40)35-24-25(37)27(39)30-29(26(24)38)42-13-43-30/h3-7,9-11,20,23-30,36-39H,8,12-13H2,1-2H3,(H,35,40)/b14-7+,15-9+/t20-,23-,24-,25+,26-,27-,28-,29+,30-/m1/s1. The zero-order valence-electron chi connectivity index (χ0n) is 24.3. The maximum absolute atomic E-state index is 15.0. The Morgan fingerprint density at radius 1 is 1.02 bits per heavy atom. The molecular weight excluding hydrogens is 636 g/mol. The molecule has 1 amide bonds. The lowest BCUT2D eigenvalue weighted by molar-refractivity contribution is -0.155. The molecule has 0 radical (unpaired) electrons. The minimum Gasteiger partial charge on any atom is -0.488 e. The molecule has 14 heteroatoms. The van der Waals surface area contributed by atoms with Crippen molar-refractivity contribution in [2.45, 2.75) is 75.3 Å². The van der Waals surface area contributed by atoms with E-state index < -0.39 is 66.8 Å². The van der Waals surface area contributed by atoms with Crippen molar-refractivity contribution in [2.24, 2.45) is 0 Å². The van der Waals surface area contributed by atoms with Gasteiger partial charge < -0.3 is 49.4 Å². The number of rotatable bonds is 9. The van der Waals surface area contributed by atoms with Crippen molar-refractivity contribution in [3.63, 3.8) is 0 Å². The van der Waals surface area contributed by atoms with Crippen LogP contribution >= 0.6 is 23.2 Å². The minimum absolute atomic E-state index is 0.104. The zero-order valence-corrected chi connectivity index (χ0v) is 25.8. The van der Waals surface area contributed by atoms with Gasteiger partial charge in [-0.05, 0) is 67.5 Å². The van der Waals surface area contributed by atoms with Crippen LogP contribution in [-0.4, -0.2) is 94.8 Å². The van der Waals surface area contributed by atoms with Crippen molar-refractivity contribution in [3.05, 3.63) is 75.0 Å². The third-order valence-electron chi connectivity index (χ3n) is 7.93. The molecule has 2 aromatic rings. The lowest BCUT2D eigenvalue weighted by Gasteiger charge is -2.41. The quantitative estimate of drug-likeness (QED) is 0.199. The van der Waals surface area contributed by atoms with E-state index in [-0.39, 0.29) is 31.1 Å². The van der Waals surface area contributed by atoms with E-state index in [9.17, 15) is 29.6 Å². The average Bonchev–Trinajstić information content (AvgIpc) is 3.63. The topological polar surface area (TPSA) is 156 Å². The first-order valence-corrected chi connectivity index (χ1v) is 15.0. The van der Waals surface area contributed by atoms with Crippen LogP contribution in [-0.2, 0) is 19.0 Å². The number of carbonyl (C=O) groups excluding carboxylic acids is 1. The van der Waals surface area contributed by atoms with Crippen molar-refractivity contribution >= 4 is 35.2 Å². The highest BCUT2D eigenvalue weighted by Gasteiger charge is 2.53. The summed E-state index contributed by atoms with van der Waals surface area (Å²) in [6.07, 6.45) is -5.24. The van der Waals surface area contributed by atoms with Crippen LogP contribution in [0.2, 0.25) is 10.0 Å². The van der Waals surface area contributed by atoms with Gasteiger partial charge in [-0.15, -0.1) is 0 Å². The molecule has 9 atom stereocenters. The number of amides is 1. The van der Waals surface area contributed by atoms with E-state index in [1.807, 2.05) is 0 Å². The van der Waals surface area contributed by atoms with Gasteiger partial charge in [-0.3, -0.25) is 4.79 Å². The van der Waals surface area contributed by atoms with E-state index in [2.05, 4.69) is 5.32 Å². The smallest absolute Gasteiger partial charge is 0.247 e. The molecule has 0 unspecified atom stereocenters.